The molecule has 1 N–H and O–H groups in total. The Morgan fingerprint density at radius 3 is 2.47 bits per heavy atom. The lowest BCUT2D eigenvalue weighted by atomic mass is 10.0. The lowest BCUT2D eigenvalue weighted by Crippen LogP contribution is -2.41. The van der Waals surface area contributed by atoms with E-state index in [1.165, 1.54) is 15.3 Å². The van der Waals surface area contributed by atoms with Gasteiger partial charge in [0.1, 0.15) is 12.3 Å². The summed E-state index contributed by atoms with van der Waals surface area (Å²) in [4.78, 5) is 26.8. The minimum atomic E-state index is -3.53. The summed E-state index contributed by atoms with van der Waals surface area (Å²) in [7, 11) is -3.53. The molecule has 0 aromatic heterocycles. The number of anilines is 2. The number of rotatable bonds is 7. The second-order valence-corrected chi connectivity index (χ2v) is 9.83. The van der Waals surface area contributed by atoms with E-state index in [9.17, 15) is 18.0 Å². The third-order valence-electron chi connectivity index (χ3n) is 5.70. The Kier molecular flexibility index (Phi) is 6.48. The Hall–Kier alpha value is -2.91. The van der Waals surface area contributed by atoms with Crippen molar-refractivity contribution in [3.05, 3.63) is 48.0 Å². The second-order valence-electron chi connectivity index (χ2n) is 7.89. The molecule has 2 aliphatic rings. The lowest BCUT2D eigenvalue weighted by molar-refractivity contribution is -0.121. The average molecular weight is 458 g/mol. The Morgan fingerprint density at radius 2 is 1.78 bits per heavy atom. The van der Waals surface area contributed by atoms with Crippen LogP contribution >= 0.6 is 0 Å². The topological polar surface area (TPSA) is 96.0 Å². The van der Waals surface area contributed by atoms with Crippen LogP contribution in [0.4, 0.5) is 11.4 Å². The molecule has 2 aliphatic heterocycles. The van der Waals surface area contributed by atoms with Crippen LogP contribution in [-0.2, 0) is 26.0 Å². The Balaban J connectivity index is 1.49. The molecule has 1 fully saturated rings. The summed E-state index contributed by atoms with van der Waals surface area (Å²) in [6, 6.07) is 11.8. The van der Waals surface area contributed by atoms with E-state index in [2.05, 4.69) is 5.32 Å². The summed E-state index contributed by atoms with van der Waals surface area (Å²) in [6.45, 7) is 3.39. The number of carbonyl (C=O) groups excluding carboxylic acids is 2. The zero-order chi connectivity index (χ0) is 22.7. The third kappa shape index (κ3) is 4.63. The molecule has 2 aromatic carbocycles. The van der Waals surface area contributed by atoms with Crippen LogP contribution in [-0.4, -0.2) is 50.8 Å². The van der Waals surface area contributed by atoms with Gasteiger partial charge in [0.25, 0.3) is 0 Å². The Bertz CT molecular complexity index is 1110. The molecule has 1 saturated heterocycles. The smallest absolute Gasteiger partial charge is 0.244 e. The van der Waals surface area contributed by atoms with Crippen molar-refractivity contribution in [2.45, 2.75) is 37.5 Å². The van der Waals surface area contributed by atoms with Crippen LogP contribution in [0.3, 0.4) is 0 Å². The zero-order valence-corrected chi connectivity index (χ0v) is 18.9. The first kappa shape index (κ1) is 22.3. The second kappa shape index (κ2) is 9.30. The van der Waals surface area contributed by atoms with Gasteiger partial charge in [-0.1, -0.05) is 0 Å². The predicted octanol–water partition coefficient (Wildman–Crippen LogP) is 2.79. The minimum Gasteiger partial charge on any atom is -0.494 e. The Morgan fingerprint density at radius 1 is 1.06 bits per heavy atom. The van der Waals surface area contributed by atoms with Crippen LogP contribution in [0, 0.1) is 0 Å². The molecule has 4 rings (SSSR count). The van der Waals surface area contributed by atoms with Gasteiger partial charge in [0.15, 0.2) is 0 Å². The summed E-state index contributed by atoms with van der Waals surface area (Å²) < 4.78 is 32.7. The summed E-state index contributed by atoms with van der Waals surface area (Å²) in [6.07, 6.45) is 2.43. The minimum absolute atomic E-state index is 0.142. The summed E-state index contributed by atoms with van der Waals surface area (Å²) >= 11 is 0. The van der Waals surface area contributed by atoms with Crippen LogP contribution in [0.1, 0.15) is 31.7 Å². The van der Waals surface area contributed by atoms with Gasteiger partial charge in [0, 0.05) is 30.9 Å². The van der Waals surface area contributed by atoms with Crippen LogP contribution in [0.25, 0.3) is 0 Å². The largest absolute Gasteiger partial charge is 0.494 e. The molecule has 0 saturated carbocycles. The number of aryl methyl sites for hydroxylation is 1. The number of amides is 2. The van der Waals surface area contributed by atoms with E-state index >= 15 is 0 Å². The van der Waals surface area contributed by atoms with Gasteiger partial charge >= 0.3 is 0 Å². The first-order valence-electron chi connectivity index (χ1n) is 10.8. The standard InChI is InChI=1S/C23H27N3O5S/c1-2-31-19-8-6-18(7-9-19)24-22(27)16-26-21-11-10-20(15-17(21)5-12-23(26)28)32(29,30)25-13-3-4-14-25/h6-11,15H,2-5,12-14,16H2,1H3,(H,24,27). The van der Waals surface area contributed by atoms with Gasteiger partial charge in [-0.3, -0.25) is 9.59 Å². The highest BCUT2D eigenvalue weighted by atomic mass is 32.2. The number of nitrogens with zero attached hydrogens (tertiary/aromatic N) is 2. The fourth-order valence-electron chi connectivity index (χ4n) is 4.09. The fourth-order valence-corrected chi connectivity index (χ4v) is 5.66. The van der Waals surface area contributed by atoms with Crippen molar-refractivity contribution < 1.29 is 22.7 Å². The monoisotopic (exact) mass is 457 g/mol. The maximum Gasteiger partial charge on any atom is 0.244 e. The maximum atomic E-state index is 12.9. The number of sulfonamides is 1. The molecule has 2 heterocycles. The first-order chi connectivity index (χ1) is 15.4. The molecule has 2 aromatic rings. The van der Waals surface area contributed by atoms with Gasteiger partial charge < -0.3 is 15.0 Å². The van der Waals surface area contributed by atoms with Gasteiger partial charge in [-0.25, -0.2) is 8.42 Å². The highest BCUT2D eigenvalue weighted by Crippen LogP contribution is 2.31. The van der Waals surface area contributed by atoms with E-state index in [4.69, 9.17) is 4.74 Å². The van der Waals surface area contributed by atoms with Gasteiger partial charge in [0.2, 0.25) is 21.8 Å². The zero-order valence-electron chi connectivity index (χ0n) is 18.0. The van der Waals surface area contributed by atoms with Crippen molar-refractivity contribution in [1.29, 1.82) is 0 Å². The lowest BCUT2D eigenvalue weighted by Gasteiger charge is -2.29. The average Bonchev–Trinajstić information content (AvgIpc) is 3.33. The van der Waals surface area contributed by atoms with Crippen molar-refractivity contribution in [3.63, 3.8) is 0 Å². The van der Waals surface area contributed by atoms with Crippen molar-refractivity contribution in [2.24, 2.45) is 0 Å². The number of hydrogen-bond donors (Lipinski definition) is 1. The molecule has 9 heteroatoms. The van der Waals surface area contributed by atoms with Crippen molar-refractivity contribution >= 4 is 33.2 Å². The molecular weight excluding hydrogens is 430 g/mol. The predicted molar refractivity (Wildman–Crippen MR) is 121 cm³/mol. The van der Waals surface area contributed by atoms with Crippen LogP contribution in [0.15, 0.2) is 47.4 Å². The summed E-state index contributed by atoms with van der Waals surface area (Å²) in [5.41, 5.74) is 1.96. The number of carbonyl (C=O) groups is 2. The highest BCUT2D eigenvalue weighted by Gasteiger charge is 2.31. The Labute approximate surface area is 188 Å². The molecule has 8 nitrogen and oxygen atoms in total. The number of nitrogens with one attached hydrogen (secondary N) is 1. The summed E-state index contributed by atoms with van der Waals surface area (Å²) in [5, 5.41) is 2.79. The molecular formula is C23H27N3O5S. The highest BCUT2D eigenvalue weighted by molar-refractivity contribution is 7.89. The maximum absolute atomic E-state index is 12.9. The van der Waals surface area contributed by atoms with E-state index in [-0.39, 0.29) is 29.7 Å². The van der Waals surface area contributed by atoms with E-state index in [0.717, 1.165) is 18.4 Å². The van der Waals surface area contributed by atoms with E-state index in [0.29, 0.717) is 43.2 Å². The first-order valence-corrected chi connectivity index (χ1v) is 12.3. The quantitative estimate of drug-likeness (QED) is 0.690. The molecule has 0 spiro atoms. The van der Waals surface area contributed by atoms with Gasteiger partial charge in [0.05, 0.1) is 11.5 Å². The fraction of sp³-hybridized carbons (Fsp3) is 0.391. The van der Waals surface area contributed by atoms with Crippen molar-refractivity contribution in [2.75, 3.05) is 36.5 Å². The van der Waals surface area contributed by atoms with Crippen LogP contribution in [0.5, 0.6) is 5.75 Å². The van der Waals surface area contributed by atoms with Crippen molar-refractivity contribution in [1.82, 2.24) is 4.31 Å². The van der Waals surface area contributed by atoms with Gasteiger partial charge in [-0.05, 0) is 74.2 Å². The van der Waals surface area contributed by atoms with Crippen LogP contribution < -0.4 is 15.0 Å². The van der Waals surface area contributed by atoms with E-state index in [1.807, 2.05) is 6.92 Å². The molecule has 2 amide bonds. The number of benzene rings is 2. The third-order valence-corrected chi connectivity index (χ3v) is 7.60. The number of hydrogen-bond acceptors (Lipinski definition) is 5. The number of fused-ring (bicyclic) bond motifs is 1. The molecule has 32 heavy (non-hydrogen) atoms. The number of ether oxygens (including phenoxy) is 1. The molecule has 0 unspecified atom stereocenters. The van der Waals surface area contributed by atoms with Gasteiger partial charge in [-0.2, -0.15) is 4.31 Å². The van der Waals surface area contributed by atoms with E-state index < -0.39 is 10.0 Å². The normalized spacial score (nSPS) is 16.7. The van der Waals surface area contributed by atoms with Gasteiger partial charge in [-0.15, -0.1) is 0 Å². The molecule has 0 atom stereocenters. The SMILES string of the molecule is CCOc1ccc(NC(=O)CN2C(=O)CCc3cc(S(=O)(=O)N4CCCC4)ccc32)cc1. The van der Waals surface area contributed by atoms with Crippen LogP contribution in [0.2, 0.25) is 0 Å². The van der Waals surface area contributed by atoms with Crippen molar-refractivity contribution in [3.8, 4) is 5.75 Å². The molecule has 0 bridgehead atoms. The molecule has 170 valence electrons. The molecule has 0 radical (unpaired) electrons. The summed E-state index contributed by atoms with van der Waals surface area (Å²) in [5.74, 6) is 0.226. The van der Waals surface area contributed by atoms with E-state index in [1.54, 1.807) is 36.4 Å². The molecule has 0 aliphatic carbocycles.